The van der Waals surface area contributed by atoms with E-state index in [2.05, 4.69) is 5.16 Å². The molecule has 9 heteroatoms. The molecule has 2 bridgehead atoms. The van der Waals surface area contributed by atoms with Gasteiger partial charge in [-0.2, -0.15) is 0 Å². The lowest BCUT2D eigenvalue weighted by Crippen LogP contribution is -2.42. The van der Waals surface area contributed by atoms with Gasteiger partial charge in [-0.3, -0.25) is 14.5 Å². The molecule has 0 spiro atoms. The van der Waals surface area contributed by atoms with E-state index in [1.54, 1.807) is 21.1 Å². The van der Waals surface area contributed by atoms with Crippen LogP contribution in [0.1, 0.15) is 18.9 Å². The highest BCUT2D eigenvalue weighted by Crippen LogP contribution is 2.61. The van der Waals surface area contributed by atoms with Crippen LogP contribution < -0.4 is 9.47 Å². The van der Waals surface area contributed by atoms with Gasteiger partial charge in [-0.05, 0) is 43.4 Å². The zero-order chi connectivity index (χ0) is 22.6. The summed E-state index contributed by atoms with van der Waals surface area (Å²) >= 11 is 0. The van der Waals surface area contributed by atoms with E-state index in [-0.39, 0.29) is 48.0 Å². The maximum absolute atomic E-state index is 13.3. The van der Waals surface area contributed by atoms with Crippen molar-refractivity contribution in [1.29, 1.82) is 0 Å². The quantitative estimate of drug-likeness (QED) is 0.465. The average Bonchev–Trinajstić information content (AvgIpc) is 3.53. The number of fused-ring (bicyclic) bond motifs is 8. The van der Waals surface area contributed by atoms with Crippen molar-refractivity contribution in [3.05, 3.63) is 23.8 Å². The second kappa shape index (κ2) is 7.79. The number of rotatable bonds is 7. The van der Waals surface area contributed by atoms with Crippen molar-refractivity contribution in [2.45, 2.75) is 25.9 Å². The lowest BCUT2D eigenvalue weighted by Gasteiger charge is -2.29. The highest BCUT2D eigenvalue weighted by molar-refractivity contribution is 6.38. The monoisotopic (exact) mass is 442 g/mol. The Morgan fingerprint density at radius 1 is 1.09 bits per heavy atom. The van der Waals surface area contributed by atoms with E-state index in [9.17, 15) is 14.4 Å². The maximum atomic E-state index is 13.3. The Balaban J connectivity index is 1.31. The van der Waals surface area contributed by atoms with Gasteiger partial charge in [-0.25, -0.2) is 4.79 Å². The predicted octanol–water partition coefficient (Wildman–Crippen LogP) is 1.43. The van der Waals surface area contributed by atoms with Crippen LogP contribution in [-0.4, -0.2) is 61.9 Å². The van der Waals surface area contributed by atoms with Crippen molar-refractivity contribution in [3.63, 3.8) is 0 Å². The van der Waals surface area contributed by atoms with Gasteiger partial charge >= 0.3 is 5.97 Å². The van der Waals surface area contributed by atoms with E-state index < -0.39 is 17.8 Å². The third kappa shape index (κ3) is 2.90. The number of amides is 2. The lowest BCUT2D eigenvalue weighted by atomic mass is 9.72. The van der Waals surface area contributed by atoms with Gasteiger partial charge in [0, 0.05) is 12.5 Å². The van der Waals surface area contributed by atoms with Gasteiger partial charge < -0.3 is 19.0 Å². The Bertz CT molecular complexity index is 1010. The first-order valence-electron chi connectivity index (χ1n) is 11.0. The largest absolute Gasteiger partial charge is 0.493 e. The lowest BCUT2D eigenvalue weighted by molar-refractivity contribution is -0.141. The number of ether oxygens (including phenoxy) is 3. The molecule has 6 atom stereocenters. The Morgan fingerprint density at radius 3 is 2.50 bits per heavy atom. The van der Waals surface area contributed by atoms with Gasteiger partial charge in [-0.15, -0.1) is 0 Å². The van der Waals surface area contributed by atoms with E-state index in [1.807, 2.05) is 18.2 Å². The van der Waals surface area contributed by atoms with Crippen LogP contribution in [0.25, 0.3) is 0 Å². The number of hydrogen-bond acceptors (Lipinski definition) is 8. The van der Waals surface area contributed by atoms with Crippen molar-refractivity contribution in [2.24, 2.45) is 34.7 Å². The SMILES string of the molecule is CCOC(=O)C1=NO[C@@H]2[C@H]3C[C@H]([C@H]4C(=O)N(CCc5ccc(OC)c(OC)c5)C(=O)[C@H]34)[C@H]12. The minimum Gasteiger partial charge on any atom is -0.493 e. The average molecular weight is 442 g/mol. The summed E-state index contributed by atoms with van der Waals surface area (Å²) in [6, 6.07) is 5.57. The number of methoxy groups -OCH3 is 2. The molecule has 170 valence electrons. The number of carbonyl (C=O) groups excluding carboxylic acids is 3. The van der Waals surface area contributed by atoms with Gasteiger partial charge in [-0.1, -0.05) is 11.2 Å². The first-order valence-corrected chi connectivity index (χ1v) is 11.0. The van der Waals surface area contributed by atoms with E-state index in [1.165, 1.54) is 4.90 Å². The number of nitrogens with zero attached hydrogens (tertiary/aromatic N) is 2. The summed E-state index contributed by atoms with van der Waals surface area (Å²) in [5.41, 5.74) is 1.20. The molecule has 2 heterocycles. The van der Waals surface area contributed by atoms with Gasteiger partial charge in [0.2, 0.25) is 11.8 Å². The molecule has 32 heavy (non-hydrogen) atoms. The van der Waals surface area contributed by atoms with Crippen LogP contribution in [0.2, 0.25) is 0 Å². The van der Waals surface area contributed by atoms with Crippen molar-refractivity contribution < 1.29 is 33.4 Å². The summed E-state index contributed by atoms with van der Waals surface area (Å²) in [6.45, 7) is 2.28. The van der Waals surface area contributed by atoms with Gasteiger partial charge in [0.05, 0.1) is 38.6 Å². The van der Waals surface area contributed by atoms with Crippen molar-refractivity contribution in [1.82, 2.24) is 4.90 Å². The normalized spacial score (nSPS) is 31.8. The van der Waals surface area contributed by atoms with Crippen LogP contribution in [0.3, 0.4) is 0 Å². The molecule has 0 N–H and O–H groups in total. The molecule has 1 aromatic rings. The summed E-state index contributed by atoms with van der Waals surface area (Å²) in [6.07, 6.45) is 0.887. The second-order valence-corrected chi connectivity index (χ2v) is 8.68. The second-order valence-electron chi connectivity index (χ2n) is 8.68. The molecule has 1 aromatic carbocycles. The first-order chi connectivity index (χ1) is 15.5. The molecule has 5 rings (SSSR count). The molecule has 3 fully saturated rings. The fourth-order valence-corrected chi connectivity index (χ4v) is 6.06. The third-order valence-electron chi connectivity index (χ3n) is 7.34. The van der Waals surface area contributed by atoms with E-state index in [0.29, 0.717) is 30.9 Å². The number of benzene rings is 1. The Labute approximate surface area is 185 Å². The topological polar surface area (TPSA) is 104 Å². The zero-order valence-corrected chi connectivity index (χ0v) is 18.3. The summed E-state index contributed by atoms with van der Waals surface area (Å²) in [5, 5.41) is 3.97. The smallest absolute Gasteiger partial charge is 0.356 e. The van der Waals surface area contributed by atoms with Crippen LogP contribution in [0.15, 0.2) is 23.4 Å². The Morgan fingerprint density at radius 2 is 1.81 bits per heavy atom. The molecule has 2 amide bonds. The minimum absolute atomic E-state index is 0.104. The number of carbonyl (C=O) groups is 3. The highest BCUT2D eigenvalue weighted by Gasteiger charge is 2.70. The fraction of sp³-hybridized carbons (Fsp3) is 0.565. The minimum atomic E-state index is -0.494. The molecule has 2 aliphatic heterocycles. The number of imide groups is 1. The van der Waals surface area contributed by atoms with Crippen molar-refractivity contribution in [2.75, 3.05) is 27.4 Å². The van der Waals surface area contributed by atoms with Gasteiger partial charge in [0.25, 0.3) is 0 Å². The summed E-state index contributed by atoms with van der Waals surface area (Å²) in [5.74, 6) is -0.862. The molecule has 0 unspecified atom stereocenters. The zero-order valence-electron chi connectivity index (χ0n) is 18.3. The van der Waals surface area contributed by atoms with Crippen LogP contribution >= 0.6 is 0 Å². The molecule has 1 saturated heterocycles. The molecule has 4 aliphatic rings. The Kier molecular flexibility index (Phi) is 5.06. The van der Waals surface area contributed by atoms with Gasteiger partial charge in [0.15, 0.2) is 17.2 Å². The first kappa shape index (κ1) is 20.8. The van der Waals surface area contributed by atoms with E-state index in [4.69, 9.17) is 19.0 Å². The standard InChI is InChI=1S/C23H26N2O7/c1-4-31-23(28)19-18-12-10-13(20(18)32-24-19)17-16(12)21(26)25(22(17)27)8-7-11-5-6-14(29-2)15(9-11)30-3/h5-6,9,12-13,16-18,20H,4,7-8,10H2,1-3H3/t12-,13+,16-,17-,18-,20-/m1/s1. The van der Waals surface area contributed by atoms with Crippen LogP contribution in [0, 0.1) is 29.6 Å². The van der Waals surface area contributed by atoms with E-state index >= 15 is 0 Å². The number of likely N-dealkylation sites (tertiary alicyclic amines) is 1. The van der Waals surface area contributed by atoms with Crippen molar-refractivity contribution in [3.8, 4) is 11.5 Å². The molecule has 2 aliphatic carbocycles. The molecule has 9 nitrogen and oxygen atoms in total. The fourth-order valence-electron chi connectivity index (χ4n) is 6.06. The molecule has 0 aromatic heterocycles. The molecular formula is C23H26N2O7. The number of esters is 1. The Hall–Kier alpha value is -3.10. The molecule has 2 saturated carbocycles. The maximum Gasteiger partial charge on any atom is 0.356 e. The summed E-state index contributed by atoms with van der Waals surface area (Å²) in [4.78, 5) is 45.8. The predicted molar refractivity (Wildman–Crippen MR) is 111 cm³/mol. The van der Waals surface area contributed by atoms with Crippen LogP contribution in [0.5, 0.6) is 11.5 Å². The number of hydrogen-bond donors (Lipinski definition) is 0. The van der Waals surface area contributed by atoms with Crippen molar-refractivity contribution >= 4 is 23.5 Å². The number of oxime groups is 1. The van der Waals surface area contributed by atoms with E-state index in [0.717, 1.165) is 5.56 Å². The summed E-state index contributed by atoms with van der Waals surface area (Å²) in [7, 11) is 3.14. The summed E-state index contributed by atoms with van der Waals surface area (Å²) < 4.78 is 15.7. The van der Waals surface area contributed by atoms with Crippen LogP contribution in [0.4, 0.5) is 0 Å². The molecule has 0 radical (unpaired) electrons. The highest BCUT2D eigenvalue weighted by atomic mass is 16.6. The van der Waals surface area contributed by atoms with Crippen LogP contribution in [-0.2, 0) is 30.4 Å². The van der Waals surface area contributed by atoms with Gasteiger partial charge in [0.1, 0.15) is 6.10 Å². The molecular weight excluding hydrogens is 416 g/mol. The third-order valence-corrected chi connectivity index (χ3v) is 7.34.